The molecule has 6 heteroatoms. The summed E-state index contributed by atoms with van der Waals surface area (Å²) in [4.78, 5) is 13.1. The molecular formula is C17H16FN3OS. The standard InChI is InChI=1S/C17H16FN3OS/c18-12-3-4-15-16(7-12)21-17(20-15)23-10-13-8-14(5-6-19-13)22-9-11-1-2-11/h3-8,11-12H,1-2,9-10H2. The molecule has 4 rings (SSSR count). The number of amidine groups is 1. The van der Waals surface area contributed by atoms with Crippen molar-refractivity contribution in [2.45, 2.75) is 24.8 Å². The monoisotopic (exact) mass is 329 g/mol. The molecular weight excluding hydrogens is 313 g/mol. The molecule has 1 unspecified atom stereocenters. The Hall–Kier alpha value is -1.95. The Balaban J connectivity index is 1.37. The maximum Gasteiger partial charge on any atom is 0.189 e. The molecule has 1 atom stereocenters. The van der Waals surface area contributed by atoms with E-state index < -0.39 is 6.17 Å². The molecule has 0 bridgehead atoms. The van der Waals surface area contributed by atoms with Gasteiger partial charge in [-0.05, 0) is 43.1 Å². The molecule has 1 fully saturated rings. The van der Waals surface area contributed by atoms with Crippen LogP contribution in [0.4, 0.5) is 4.39 Å². The van der Waals surface area contributed by atoms with Crippen molar-refractivity contribution in [2.75, 3.05) is 6.61 Å². The van der Waals surface area contributed by atoms with Gasteiger partial charge >= 0.3 is 0 Å². The van der Waals surface area contributed by atoms with E-state index in [0.717, 1.165) is 29.7 Å². The molecule has 1 aliphatic heterocycles. The third-order valence-electron chi connectivity index (χ3n) is 3.77. The molecule has 0 spiro atoms. The van der Waals surface area contributed by atoms with Gasteiger partial charge in [-0.2, -0.15) is 0 Å². The van der Waals surface area contributed by atoms with E-state index in [0.29, 0.717) is 16.6 Å². The third-order valence-corrected chi connectivity index (χ3v) is 4.65. The fourth-order valence-corrected chi connectivity index (χ4v) is 3.07. The van der Waals surface area contributed by atoms with Gasteiger partial charge in [0.25, 0.3) is 0 Å². The number of ether oxygens (including phenoxy) is 1. The van der Waals surface area contributed by atoms with Gasteiger partial charge in [0.05, 0.1) is 23.7 Å². The maximum atomic E-state index is 13.3. The Kier molecular flexibility index (Phi) is 3.99. The fraction of sp³-hybridized carbons (Fsp3) is 0.353. The van der Waals surface area contributed by atoms with E-state index in [1.807, 2.05) is 12.1 Å². The number of aliphatic imine (C=N–C) groups is 2. The lowest BCUT2D eigenvalue weighted by Crippen LogP contribution is -2.04. The average Bonchev–Trinajstić information content (AvgIpc) is 3.30. The summed E-state index contributed by atoms with van der Waals surface area (Å²) in [6.07, 6.45) is 7.89. The molecule has 0 radical (unpaired) electrons. The average molecular weight is 329 g/mol. The molecule has 0 aromatic carbocycles. The van der Waals surface area contributed by atoms with E-state index >= 15 is 0 Å². The van der Waals surface area contributed by atoms with Crippen molar-refractivity contribution < 1.29 is 9.13 Å². The summed E-state index contributed by atoms with van der Waals surface area (Å²) in [5, 5.41) is 0.649. The Labute approximate surface area is 138 Å². The fourth-order valence-electron chi connectivity index (χ4n) is 2.31. The maximum absolute atomic E-state index is 13.3. The molecule has 118 valence electrons. The number of halogens is 1. The Morgan fingerprint density at radius 2 is 2.22 bits per heavy atom. The lowest BCUT2D eigenvalue weighted by Gasteiger charge is -2.06. The Bertz CT molecular complexity index is 737. The predicted molar refractivity (Wildman–Crippen MR) is 90.7 cm³/mol. The van der Waals surface area contributed by atoms with Crippen LogP contribution in [0.15, 0.2) is 52.2 Å². The smallest absolute Gasteiger partial charge is 0.189 e. The minimum absolute atomic E-state index is 0.622. The second-order valence-electron chi connectivity index (χ2n) is 5.77. The normalized spacial score (nSPS) is 22.3. The number of hydrogen-bond donors (Lipinski definition) is 0. The molecule has 1 aromatic heterocycles. The van der Waals surface area contributed by atoms with Crippen LogP contribution in [0.3, 0.4) is 0 Å². The first-order valence-electron chi connectivity index (χ1n) is 7.69. The molecule has 0 N–H and O–H groups in total. The Morgan fingerprint density at radius 3 is 3.09 bits per heavy atom. The highest BCUT2D eigenvalue weighted by molar-refractivity contribution is 8.13. The molecule has 2 aliphatic carbocycles. The van der Waals surface area contributed by atoms with Gasteiger partial charge in [-0.15, -0.1) is 0 Å². The topological polar surface area (TPSA) is 46.8 Å². The van der Waals surface area contributed by atoms with Crippen molar-refractivity contribution in [3.05, 3.63) is 47.9 Å². The van der Waals surface area contributed by atoms with Crippen molar-refractivity contribution >= 4 is 22.6 Å². The number of thioether (sulfide) groups is 1. The number of rotatable bonds is 5. The molecule has 0 amide bonds. The zero-order valence-electron chi connectivity index (χ0n) is 12.5. The number of pyridine rings is 1. The second kappa shape index (κ2) is 6.28. The molecule has 0 saturated heterocycles. The van der Waals surface area contributed by atoms with E-state index in [2.05, 4.69) is 15.0 Å². The minimum atomic E-state index is -1.07. The highest BCUT2D eigenvalue weighted by Crippen LogP contribution is 2.30. The second-order valence-corrected chi connectivity index (χ2v) is 6.72. The zero-order valence-corrected chi connectivity index (χ0v) is 13.3. The first-order chi connectivity index (χ1) is 11.3. The Morgan fingerprint density at radius 1 is 1.30 bits per heavy atom. The summed E-state index contributed by atoms with van der Waals surface area (Å²) in [6, 6.07) is 3.84. The predicted octanol–water partition coefficient (Wildman–Crippen LogP) is 3.71. The largest absolute Gasteiger partial charge is 0.493 e. The lowest BCUT2D eigenvalue weighted by molar-refractivity contribution is 0.299. The molecule has 2 heterocycles. The molecule has 3 aliphatic rings. The molecule has 23 heavy (non-hydrogen) atoms. The highest BCUT2D eigenvalue weighted by Gasteiger charge is 2.22. The van der Waals surface area contributed by atoms with E-state index in [1.54, 1.807) is 12.3 Å². The van der Waals surface area contributed by atoms with Crippen LogP contribution < -0.4 is 4.74 Å². The first kappa shape index (κ1) is 14.6. The molecule has 4 nitrogen and oxygen atoms in total. The van der Waals surface area contributed by atoms with Gasteiger partial charge in [0, 0.05) is 18.0 Å². The number of hydrogen-bond acceptors (Lipinski definition) is 5. The van der Waals surface area contributed by atoms with Crippen LogP contribution in [0.1, 0.15) is 18.5 Å². The summed E-state index contributed by atoms with van der Waals surface area (Å²) < 4.78 is 19.0. The van der Waals surface area contributed by atoms with Crippen molar-refractivity contribution in [2.24, 2.45) is 15.9 Å². The summed E-state index contributed by atoms with van der Waals surface area (Å²) in [5.74, 6) is 2.25. The third kappa shape index (κ3) is 3.69. The van der Waals surface area contributed by atoms with Crippen molar-refractivity contribution in [1.82, 2.24) is 4.98 Å². The number of alkyl halides is 1. The number of nitrogens with zero attached hydrogens (tertiary/aromatic N) is 3. The van der Waals surface area contributed by atoms with Crippen molar-refractivity contribution in [1.29, 1.82) is 0 Å². The van der Waals surface area contributed by atoms with Gasteiger partial charge in [0.1, 0.15) is 11.9 Å². The first-order valence-corrected chi connectivity index (χ1v) is 8.67. The van der Waals surface area contributed by atoms with Crippen LogP contribution >= 0.6 is 11.8 Å². The summed E-state index contributed by atoms with van der Waals surface area (Å²) in [5.41, 5.74) is 2.28. The number of aromatic nitrogens is 1. The molecule has 1 aromatic rings. The summed E-state index contributed by atoms with van der Waals surface area (Å²) in [7, 11) is 0. The van der Waals surface area contributed by atoms with E-state index in [1.165, 1.54) is 36.8 Å². The van der Waals surface area contributed by atoms with E-state index in [9.17, 15) is 4.39 Å². The summed E-state index contributed by atoms with van der Waals surface area (Å²) in [6.45, 7) is 0.793. The van der Waals surface area contributed by atoms with Gasteiger partial charge in [0.15, 0.2) is 5.17 Å². The minimum Gasteiger partial charge on any atom is -0.493 e. The van der Waals surface area contributed by atoms with Crippen LogP contribution in [-0.2, 0) is 5.75 Å². The van der Waals surface area contributed by atoms with Gasteiger partial charge in [-0.3, -0.25) is 4.98 Å². The number of allylic oxidation sites excluding steroid dienone is 3. The quantitative estimate of drug-likeness (QED) is 0.827. The SMILES string of the molecule is FC1C=CC2=NC(SCc3cc(OCC4CC4)ccn3)=NC2=C1. The van der Waals surface area contributed by atoms with Crippen molar-refractivity contribution in [3.8, 4) is 5.75 Å². The zero-order chi connectivity index (χ0) is 15.6. The number of fused-ring (bicyclic) bond motifs is 1. The van der Waals surface area contributed by atoms with Crippen LogP contribution in [0.2, 0.25) is 0 Å². The van der Waals surface area contributed by atoms with Gasteiger partial charge in [-0.1, -0.05) is 11.8 Å². The van der Waals surface area contributed by atoms with E-state index in [4.69, 9.17) is 4.74 Å². The van der Waals surface area contributed by atoms with Crippen LogP contribution in [0, 0.1) is 5.92 Å². The van der Waals surface area contributed by atoms with E-state index in [-0.39, 0.29) is 0 Å². The van der Waals surface area contributed by atoms with Crippen LogP contribution in [-0.4, -0.2) is 28.6 Å². The van der Waals surface area contributed by atoms with Gasteiger partial charge in [0.2, 0.25) is 0 Å². The van der Waals surface area contributed by atoms with Crippen LogP contribution in [0.25, 0.3) is 0 Å². The van der Waals surface area contributed by atoms with Gasteiger partial charge in [-0.25, -0.2) is 14.4 Å². The molecule has 1 saturated carbocycles. The summed E-state index contributed by atoms with van der Waals surface area (Å²) >= 11 is 1.50. The lowest BCUT2D eigenvalue weighted by atomic mass is 10.1. The van der Waals surface area contributed by atoms with Gasteiger partial charge < -0.3 is 4.74 Å². The highest BCUT2D eigenvalue weighted by atomic mass is 32.2. The van der Waals surface area contributed by atoms with Crippen LogP contribution in [0.5, 0.6) is 5.75 Å². The van der Waals surface area contributed by atoms with Crippen molar-refractivity contribution in [3.63, 3.8) is 0 Å².